The molecule has 150 valence electrons. The average molecular weight is 419 g/mol. The predicted octanol–water partition coefficient (Wildman–Crippen LogP) is 2.78. The van der Waals surface area contributed by atoms with Crippen LogP contribution in [0.2, 0.25) is 5.02 Å². The summed E-state index contributed by atoms with van der Waals surface area (Å²) in [5.74, 6) is -0.547. The minimum Gasteiger partial charge on any atom is -0.495 e. The van der Waals surface area contributed by atoms with Crippen LogP contribution in [0.15, 0.2) is 24.8 Å². The van der Waals surface area contributed by atoms with Crippen LogP contribution >= 0.6 is 11.6 Å². The van der Waals surface area contributed by atoms with E-state index < -0.39 is 5.82 Å². The van der Waals surface area contributed by atoms with Crippen molar-refractivity contribution < 1.29 is 18.7 Å². The number of hydrogen-bond acceptors (Lipinski definition) is 6. The van der Waals surface area contributed by atoms with Gasteiger partial charge in [-0.2, -0.15) is 5.10 Å². The van der Waals surface area contributed by atoms with Gasteiger partial charge < -0.3 is 18.6 Å². The van der Waals surface area contributed by atoms with Crippen molar-refractivity contribution >= 4 is 28.3 Å². The van der Waals surface area contributed by atoms with Gasteiger partial charge >= 0.3 is 0 Å². The number of benzene rings is 1. The highest BCUT2D eigenvalue weighted by atomic mass is 35.5. The first-order chi connectivity index (χ1) is 14.0. The molecule has 0 atom stereocenters. The maximum atomic E-state index is 15.1. The van der Waals surface area contributed by atoms with E-state index >= 15 is 4.39 Å². The van der Waals surface area contributed by atoms with Gasteiger partial charge in [-0.15, -0.1) is 0 Å². The first-order valence-corrected chi connectivity index (χ1v) is 8.83. The molecule has 0 saturated carbocycles. The second-order valence-corrected chi connectivity index (χ2v) is 6.57. The zero-order valence-corrected chi connectivity index (χ0v) is 16.5. The van der Waals surface area contributed by atoms with E-state index in [0.29, 0.717) is 16.8 Å². The summed E-state index contributed by atoms with van der Waals surface area (Å²) in [4.78, 5) is 20.4. The van der Waals surface area contributed by atoms with Gasteiger partial charge in [-0.05, 0) is 6.07 Å². The number of aryl methyl sites for hydroxylation is 1. The van der Waals surface area contributed by atoms with Crippen molar-refractivity contribution in [3.05, 3.63) is 41.5 Å². The van der Waals surface area contributed by atoms with E-state index in [1.54, 1.807) is 41.0 Å². The molecule has 11 heteroatoms. The Morgan fingerprint density at radius 1 is 1.38 bits per heavy atom. The van der Waals surface area contributed by atoms with Crippen LogP contribution < -0.4 is 4.74 Å². The number of imidazole rings is 1. The third-order valence-corrected chi connectivity index (χ3v) is 4.87. The number of hydrogen-bond donors (Lipinski definition) is 1. The van der Waals surface area contributed by atoms with Crippen LogP contribution in [0.4, 0.5) is 4.39 Å². The molecule has 3 aromatic heterocycles. The first kappa shape index (κ1) is 19.1. The van der Waals surface area contributed by atoms with Crippen LogP contribution in [0.3, 0.4) is 0 Å². The number of H-pyrrole nitrogens is 1. The molecule has 0 aliphatic carbocycles. The van der Waals surface area contributed by atoms with Crippen LogP contribution in [-0.2, 0) is 11.8 Å². The van der Waals surface area contributed by atoms with E-state index in [9.17, 15) is 4.79 Å². The van der Waals surface area contributed by atoms with Gasteiger partial charge in [-0.1, -0.05) is 11.6 Å². The number of carbonyl (C=O) groups excluding carboxylic acids is 1. The van der Waals surface area contributed by atoms with Crippen molar-refractivity contribution in [2.75, 3.05) is 20.8 Å². The summed E-state index contributed by atoms with van der Waals surface area (Å²) in [6.07, 6.45) is 4.87. The molecule has 29 heavy (non-hydrogen) atoms. The SMILES string of the molecule is COCC(=O)c1nc(-c2c(-n3ccnc3)c3cc(OC)c(Cl)c(F)c3n2C)n[nH]1. The molecule has 0 aliphatic heterocycles. The summed E-state index contributed by atoms with van der Waals surface area (Å²) in [6.45, 7) is -0.139. The zero-order valence-electron chi connectivity index (χ0n) is 15.7. The van der Waals surface area contributed by atoms with E-state index in [1.165, 1.54) is 14.2 Å². The molecule has 0 amide bonds. The molecule has 3 heterocycles. The maximum absolute atomic E-state index is 15.1. The van der Waals surface area contributed by atoms with Crippen molar-refractivity contribution in [2.24, 2.45) is 7.05 Å². The third-order valence-electron chi connectivity index (χ3n) is 4.52. The minimum atomic E-state index is -0.637. The molecule has 4 aromatic rings. The number of ether oxygens (including phenoxy) is 2. The Balaban J connectivity index is 2.04. The standard InChI is InChI=1S/C18H16ClFN6O3/c1-25-14-9(6-11(29-3)12(19)13(14)20)15(26-5-4-21-8-26)16(25)18-22-17(23-24-18)10(27)7-28-2/h4-6,8H,7H2,1-3H3,(H,22,23,24). The molecular formula is C18H16ClFN6O3. The number of aromatic amines is 1. The number of carbonyl (C=O) groups is 1. The lowest BCUT2D eigenvalue weighted by Crippen LogP contribution is -2.09. The van der Waals surface area contributed by atoms with E-state index in [0.717, 1.165) is 0 Å². The lowest BCUT2D eigenvalue weighted by atomic mass is 10.2. The van der Waals surface area contributed by atoms with Gasteiger partial charge in [0, 0.05) is 31.9 Å². The van der Waals surface area contributed by atoms with Gasteiger partial charge in [0.15, 0.2) is 17.5 Å². The lowest BCUT2D eigenvalue weighted by Gasteiger charge is -2.07. The molecule has 0 spiro atoms. The molecule has 0 aliphatic rings. The summed E-state index contributed by atoms with van der Waals surface area (Å²) >= 11 is 6.13. The quantitative estimate of drug-likeness (QED) is 0.483. The Morgan fingerprint density at radius 2 is 2.17 bits per heavy atom. The summed E-state index contributed by atoms with van der Waals surface area (Å²) < 4.78 is 28.5. The van der Waals surface area contributed by atoms with Gasteiger partial charge in [0.2, 0.25) is 5.78 Å². The molecular weight excluding hydrogens is 403 g/mol. The van der Waals surface area contributed by atoms with E-state index in [2.05, 4.69) is 20.2 Å². The Kier molecular flexibility index (Phi) is 4.81. The number of halogens is 2. The van der Waals surface area contributed by atoms with E-state index in [-0.39, 0.29) is 40.3 Å². The van der Waals surface area contributed by atoms with Crippen LogP contribution in [0, 0.1) is 5.82 Å². The number of Topliss-reactive ketones (excluding diaryl/α,β-unsaturated/α-hetero) is 1. The van der Waals surface area contributed by atoms with Crippen molar-refractivity contribution in [2.45, 2.75) is 0 Å². The Hall–Kier alpha value is -3.24. The van der Waals surface area contributed by atoms with Crippen LogP contribution in [-0.4, -0.2) is 55.9 Å². The van der Waals surface area contributed by atoms with Crippen LogP contribution in [0.5, 0.6) is 5.75 Å². The topological polar surface area (TPSA) is 99.8 Å². The number of rotatable bonds is 6. The molecule has 4 rings (SSSR count). The van der Waals surface area contributed by atoms with E-state index in [4.69, 9.17) is 21.1 Å². The molecule has 0 saturated heterocycles. The second-order valence-electron chi connectivity index (χ2n) is 6.19. The van der Waals surface area contributed by atoms with Crippen molar-refractivity contribution in [1.82, 2.24) is 29.3 Å². The van der Waals surface area contributed by atoms with Gasteiger partial charge in [0.25, 0.3) is 0 Å². The highest BCUT2D eigenvalue weighted by Crippen LogP contribution is 2.41. The monoisotopic (exact) mass is 418 g/mol. The van der Waals surface area contributed by atoms with Gasteiger partial charge in [0.05, 0.1) is 24.6 Å². The molecule has 0 bridgehead atoms. The molecule has 0 fully saturated rings. The summed E-state index contributed by atoms with van der Waals surface area (Å²) in [7, 11) is 4.49. The largest absolute Gasteiger partial charge is 0.495 e. The van der Waals surface area contributed by atoms with Crippen molar-refractivity contribution in [3.8, 4) is 23.0 Å². The van der Waals surface area contributed by atoms with Crippen LogP contribution in [0.25, 0.3) is 28.1 Å². The number of nitrogens with one attached hydrogen (secondary N) is 1. The number of aromatic nitrogens is 6. The van der Waals surface area contributed by atoms with Crippen molar-refractivity contribution in [3.63, 3.8) is 0 Å². The smallest absolute Gasteiger partial charge is 0.225 e. The lowest BCUT2D eigenvalue weighted by molar-refractivity contribution is 0.0838. The fourth-order valence-corrected chi connectivity index (χ4v) is 3.47. The number of fused-ring (bicyclic) bond motifs is 1. The summed E-state index contributed by atoms with van der Waals surface area (Å²) in [5, 5.41) is 7.16. The van der Waals surface area contributed by atoms with E-state index in [1.807, 2.05) is 0 Å². The highest BCUT2D eigenvalue weighted by molar-refractivity contribution is 6.33. The molecule has 1 aromatic carbocycles. The Morgan fingerprint density at radius 3 is 2.83 bits per heavy atom. The maximum Gasteiger partial charge on any atom is 0.225 e. The van der Waals surface area contributed by atoms with Gasteiger partial charge in [-0.3, -0.25) is 9.89 Å². The Labute approximate surface area is 169 Å². The molecule has 9 nitrogen and oxygen atoms in total. The third kappa shape index (κ3) is 2.97. The number of ketones is 1. The molecule has 0 unspecified atom stereocenters. The second kappa shape index (κ2) is 7.30. The van der Waals surface area contributed by atoms with Gasteiger partial charge in [-0.25, -0.2) is 14.4 Å². The molecule has 1 N–H and O–H groups in total. The average Bonchev–Trinajstić information content (AvgIpc) is 3.43. The zero-order chi connectivity index (χ0) is 20.7. The van der Waals surface area contributed by atoms with Crippen LogP contribution in [0.1, 0.15) is 10.6 Å². The first-order valence-electron chi connectivity index (χ1n) is 8.45. The Bertz CT molecular complexity index is 1210. The highest BCUT2D eigenvalue weighted by Gasteiger charge is 2.27. The predicted molar refractivity (Wildman–Crippen MR) is 103 cm³/mol. The fraction of sp³-hybridized carbons (Fsp3) is 0.222. The van der Waals surface area contributed by atoms with Crippen molar-refractivity contribution in [1.29, 1.82) is 0 Å². The molecule has 0 radical (unpaired) electrons. The van der Waals surface area contributed by atoms with Gasteiger partial charge in [0.1, 0.15) is 23.1 Å². The number of nitrogens with zero attached hydrogens (tertiary/aromatic N) is 5. The fourth-order valence-electron chi connectivity index (χ4n) is 3.25. The summed E-state index contributed by atoms with van der Waals surface area (Å²) in [5.41, 5.74) is 1.27. The normalized spacial score (nSPS) is 11.3. The number of methoxy groups -OCH3 is 2. The summed E-state index contributed by atoms with van der Waals surface area (Å²) in [6, 6.07) is 1.64. The minimum absolute atomic E-state index is 0.0415.